The Morgan fingerprint density at radius 2 is 1.56 bits per heavy atom. The lowest BCUT2D eigenvalue weighted by molar-refractivity contribution is 0.0708. The van der Waals surface area contributed by atoms with Gasteiger partial charge in [0.15, 0.2) is 0 Å². The van der Waals surface area contributed by atoms with Gasteiger partial charge in [0.25, 0.3) is 0 Å². The summed E-state index contributed by atoms with van der Waals surface area (Å²) in [4.78, 5) is 12.1. The van der Waals surface area contributed by atoms with E-state index in [0.29, 0.717) is 32.4 Å². The summed E-state index contributed by atoms with van der Waals surface area (Å²) in [6.07, 6.45) is 0.733. The average Bonchev–Trinajstić information content (AvgIpc) is 2.66. The molecule has 2 rings (SSSR count). The zero-order valence-corrected chi connectivity index (χ0v) is 17.4. The highest BCUT2D eigenvalue weighted by Gasteiger charge is 2.39. The van der Waals surface area contributed by atoms with Crippen LogP contribution in [0, 0.1) is 0 Å². The second-order valence-electron chi connectivity index (χ2n) is 6.03. The van der Waals surface area contributed by atoms with E-state index in [0.717, 1.165) is 22.9 Å². The summed E-state index contributed by atoms with van der Waals surface area (Å²) in [7, 11) is -2.64. The summed E-state index contributed by atoms with van der Waals surface area (Å²) < 4.78 is 17.5. The number of benzene rings is 2. The third-order valence-corrected chi connectivity index (χ3v) is 7.20. The van der Waals surface area contributed by atoms with Crippen molar-refractivity contribution in [2.75, 3.05) is 31.7 Å². The minimum absolute atomic E-state index is 0.221. The molecule has 0 saturated carbocycles. The summed E-state index contributed by atoms with van der Waals surface area (Å²) in [5, 5.41) is 8.00. The van der Waals surface area contributed by atoms with E-state index < -0.39 is 8.80 Å². The van der Waals surface area contributed by atoms with E-state index in [2.05, 4.69) is 10.6 Å². The lowest BCUT2D eigenvalue weighted by atomic mass is 10.1. The second kappa shape index (κ2) is 11.0. The van der Waals surface area contributed by atoms with E-state index in [1.54, 1.807) is 0 Å². The zero-order chi connectivity index (χ0) is 19.5. The maximum absolute atomic E-state index is 12.1. The van der Waals surface area contributed by atoms with Gasteiger partial charge in [-0.15, -0.1) is 0 Å². The molecule has 0 aliphatic heterocycles. The summed E-state index contributed by atoms with van der Waals surface area (Å²) in [5.74, 6) is 0. The number of carbonyl (C=O) groups excluding carboxylic acids is 1. The zero-order valence-electron chi connectivity index (χ0n) is 16.4. The van der Waals surface area contributed by atoms with Gasteiger partial charge in [0.05, 0.1) is 0 Å². The molecule has 2 aromatic carbocycles. The van der Waals surface area contributed by atoms with Gasteiger partial charge in [-0.3, -0.25) is 0 Å². The highest BCUT2D eigenvalue weighted by molar-refractivity contribution is 6.60. The Morgan fingerprint density at radius 1 is 0.926 bits per heavy atom. The number of anilines is 1. The molecule has 0 aromatic heterocycles. The van der Waals surface area contributed by atoms with Crippen LogP contribution >= 0.6 is 0 Å². The number of hydrogen-bond donors (Lipinski definition) is 2. The Hall–Kier alpha value is -1.93. The lowest BCUT2D eigenvalue weighted by Gasteiger charge is -2.28. The molecule has 0 unspecified atom stereocenters. The van der Waals surface area contributed by atoms with Gasteiger partial charge in [-0.1, -0.05) is 30.3 Å². The van der Waals surface area contributed by atoms with Crippen molar-refractivity contribution in [1.82, 2.24) is 5.32 Å². The van der Waals surface area contributed by atoms with Crippen molar-refractivity contribution in [3.8, 4) is 0 Å². The molecule has 148 valence electrons. The maximum Gasteiger partial charge on any atom is 0.500 e. The van der Waals surface area contributed by atoms with Gasteiger partial charge < -0.3 is 23.9 Å². The third-order valence-electron chi connectivity index (χ3n) is 4.05. The first-order valence-corrected chi connectivity index (χ1v) is 11.5. The molecular formula is C20H30N2O4Si. The van der Waals surface area contributed by atoms with Crippen LogP contribution in [0.3, 0.4) is 0 Å². The maximum atomic E-state index is 12.1. The predicted octanol–water partition coefficient (Wildman–Crippen LogP) is 4.40. The average molecular weight is 391 g/mol. The Labute approximate surface area is 162 Å². The van der Waals surface area contributed by atoms with Crippen LogP contribution in [0.15, 0.2) is 42.5 Å². The van der Waals surface area contributed by atoms with E-state index in [1.165, 1.54) is 0 Å². The third kappa shape index (κ3) is 6.62. The molecule has 0 radical (unpaired) electrons. The number of nitrogens with one attached hydrogen (secondary N) is 2. The fourth-order valence-electron chi connectivity index (χ4n) is 2.95. The lowest BCUT2D eigenvalue weighted by Crippen LogP contribution is -2.46. The van der Waals surface area contributed by atoms with Crippen molar-refractivity contribution in [2.24, 2.45) is 0 Å². The number of rotatable bonds is 11. The standard InChI is InChI=1S/C20H30N2O4Si/c1-4-24-27(25-5-2,26-6-3)15-9-14-21-20(23)22-19-13-12-17-10-7-8-11-18(17)16-19/h7-8,10-13,16H,4-6,9,14-15H2,1-3H3,(H2,21,22,23). The monoisotopic (exact) mass is 390 g/mol. The van der Waals surface area contributed by atoms with E-state index in [1.807, 2.05) is 63.2 Å². The molecule has 0 fully saturated rings. The molecule has 2 amide bonds. The van der Waals surface area contributed by atoms with Crippen molar-refractivity contribution >= 4 is 31.3 Å². The van der Waals surface area contributed by atoms with Gasteiger partial charge in [-0.25, -0.2) is 4.79 Å². The molecule has 6 nitrogen and oxygen atoms in total. The van der Waals surface area contributed by atoms with Crippen LogP contribution in [0.25, 0.3) is 10.8 Å². The molecule has 2 N–H and O–H groups in total. The number of amides is 2. The van der Waals surface area contributed by atoms with Crippen LogP contribution in [0.4, 0.5) is 10.5 Å². The molecule has 0 aliphatic rings. The van der Waals surface area contributed by atoms with Crippen LogP contribution in [-0.2, 0) is 13.3 Å². The fraction of sp³-hybridized carbons (Fsp3) is 0.450. The molecule has 0 heterocycles. The Kier molecular flexibility index (Phi) is 8.73. The smallest absolute Gasteiger partial charge is 0.374 e. The van der Waals surface area contributed by atoms with Crippen molar-refractivity contribution in [3.05, 3.63) is 42.5 Å². The highest BCUT2D eigenvalue weighted by Crippen LogP contribution is 2.19. The van der Waals surface area contributed by atoms with Crippen molar-refractivity contribution in [1.29, 1.82) is 0 Å². The van der Waals surface area contributed by atoms with Gasteiger partial charge in [0.1, 0.15) is 0 Å². The van der Waals surface area contributed by atoms with E-state index in [4.69, 9.17) is 13.3 Å². The fourth-order valence-corrected chi connectivity index (χ4v) is 5.56. The Bertz CT molecular complexity index is 709. The first kappa shape index (κ1) is 21.4. The highest BCUT2D eigenvalue weighted by atomic mass is 28.4. The van der Waals surface area contributed by atoms with Gasteiger partial charge in [-0.05, 0) is 50.1 Å². The largest absolute Gasteiger partial charge is 0.500 e. The van der Waals surface area contributed by atoms with Crippen molar-refractivity contribution in [2.45, 2.75) is 33.2 Å². The minimum atomic E-state index is -2.64. The van der Waals surface area contributed by atoms with Crippen LogP contribution in [-0.4, -0.2) is 41.2 Å². The van der Waals surface area contributed by atoms with Gasteiger partial charge in [-0.2, -0.15) is 0 Å². The van der Waals surface area contributed by atoms with Crippen molar-refractivity contribution < 1.29 is 18.1 Å². The topological polar surface area (TPSA) is 68.8 Å². The van der Waals surface area contributed by atoms with Crippen molar-refractivity contribution in [3.63, 3.8) is 0 Å². The van der Waals surface area contributed by atoms with E-state index in [-0.39, 0.29) is 6.03 Å². The first-order chi connectivity index (χ1) is 13.1. The molecule has 0 saturated heterocycles. The normalized spacial score (nSPS) is 11.5. The SMILES string of the molecule is CCO[Si](CCCNC(=O)Nc1ccc2ccccc2c1)(OCC)OCC. The quantitative estimate of drug-likeness (QED) is 0.441. The van der Waals surface area contributed by atoms with Crippen LogP contribution in [0.5, 0.6) is 0 Å². The van der Waals surface area contributed by atoms with E-state index >= 15 is 0 Å². The molecule has 2 aromatic rings. The number of fused-ring (bicyclic) bond motifs is 1. The predicted molar refractivity (Wildman–Crippen MR) is 111 cm³/mol. The molecule has 0 bridgehead atoms. The second-order valence-corrected chi connectivity index (χ2v) is 8.76. The number of hydrogen-bond acceptors (Lipinski definition) is 4. The summed E-state index contributed by atoms with van der Waals surface area (Å²) in [6.45, 7) is 8.02. The number of urea groups is 1. The number of carbonyl (C=O) groups is 1. The Morgan fingerprint density at radius 3 is 2.19 bits per heavy atom. The van der Waals surface area contributed by atoms with Gasteiger partial charge >= 0.3 is 14.8 Å². The molecule has 27 heavy (non-hydrogen) atoms. The van der Waals surface area contributed by atoms with Crippen LogP contribution in [0.2, 0.25) is 6.04 Å². The van der Waals surface area contributed by atoms with Crippen LogP contribution < -0.4 is 10.6 Å². The first-order valence-electron chi connectivity index (χ1n) is 9.58. The molecule has 0 aliphatic carbocycles. The molecule has 7 heteroatoms. The summed E-state index contributed by atoms with van der Waals surface area (Å²) in [6, 6.07) is 14.4. The molecule has 0 atom stereocenters. The van der Waals surface area contributed by atoms with E-state index in [9.17, 15) is 4.79 Å². The summed E-state index contributed by atoms with van der Waals surface area (Å²) in [5.41, 5.74) is 0.771. The van der Waals surface area contributed by atoms with Gasteiger partial charge in [0, 0.05) is 38.1 Å². The van der Waals surface area contributed by atoms with Gasteiger partial charge in [0.2, 0.25) is 0 Å². The van der Waals surface area contributed by atoms with Crippen LogP contribution in [0.1, 0.15) is 27.2 Å². The molecular weight excluding hydrogens is 360 g/mol. The minimum Gasteiger partial charge on any atom is -0.374 e. The summed E-state index contributed by atoms with van der Waals surface area (Å²) >= 11 is 0. The Balaban J connectivity index is 1.81. The molecule has 0 spiro atoms.